The largest absolute Gasteiger partial charge is 0.381 e. The summed E-state index contributed by atoms with van der Waals surface area (Å²) in [6, 6.07) is 0.0916. The Kier molecular flexibility index (Phi) is 4.57. The fourth-order valence-corrected chi connectivity index (χ4v) is 2.62. The number of nitrogens with zero attached hydrogens (tertiary/aromatic N) is 3. The number of halogens is 3. The molecule has 1 saturated carbocycles. The van der Waals surface area contributed by atoms with Crippen molar-refractivity contribution < 1.29 is 8.78 Å². The third kappa shape index (κ3) is 3.88. The van der Waals surface area contributed by atoms with E-state index in [9.17, 15) is 8.78 Å². The predicted octanol–water partition coefficient (Wildman–Crippen LogP) is 3.12. The number of hydrogen-bond acceptors (Lipinski definition) is 5. The van der Waals surface area contributed by atoms with E-state index in [1.165, 1.54) is 19.3 Å². The van der Waals surface area contributed by atoms with E-state index in [1.807, 2.05) is 6.92 Å². The molecular weight excluding hydrogens is 288 g/mol. The molecule has 1 fully saturated rings. The number of nitrogens with two attached hydrogens (primary N) is 1. The van der Waals surface area contributed by atoms with Gasteiger partial charge in [-0.15, -0.1) is 0 Å². The fraction of sp³-hybridized carbons (Fsp3) is 0.750. The minimum atomic E-state index is -3.65. The molecule has 1 atom stereocenters. The number of nitrogen functional groups attached to an aromatic ring is 1. The highest BCUT2D eigenvalue weighted by Gasteiger charge is 2.33. The van der Waals surface area contributed by atoms with E-state index < -0.39 is 11.2 Å². The number of alkyl halides is 3. The second kappa shape index (κ2) is 6.03. The molecule has 1 aliphatic carbocycles. The highest BCUT2D eigenvalue weighted by Crippen LogP contribution is 2.31. The Morgan fingerprint density at radius 1 is 1.25 bits per heavy atom. The van der Waals surface area contributed by atoms with Gasteiger partial charge in [-0.2, -0.15) is 23.7 Å². The summed E-state index contributed by atoms with van der Waals surface area (Å²) in [7, 11) is 0. The second-order valence-corrected chi connectivity index (χ2v) is 5.64. The van der Waals surface area contributed by atoms with E-state index in [4.69, 9.17) is 17.3 Å². The van der Waals surface area contributed by atoms with Crippen LogP contribution < -0.4 is 11.1 Å². The summed E-state index contributed by atoms with van der Waals surface area (Å²) >= 11 is 4.92. The predicted molar refractivity (Wildman–Crippen MR) is 73.6 cm³/mol. The van der Waals surface area contributed by atoms with Crippen LogP contribution >= 0.6 is 11.6 Å². The van der Waals surface area contributed by atoms with Crippen molar-refractivity contribution in [2.24, 2.45) is 5.92 Å². The molecule has 0 aromatic carbocycles. The first-order chi connectivity index (χ1) is 9.36. The van der Waals surface area contributed by atoms with Gasteiger partial charge in [0.15, 0.2) is 0 Å². The van der Waals surface area contributed by atoms with Crippen LogP contribution in [0.15, 0.2) is 0 Å². The molecule has 0 amide bonds. The molecule has 1 aromatic heterocycles. The van der Waals surface area contributed by atoms with Crippen LogP contribution in [0.25, 0.3) is 0 Å². The van der Waals surface area contributed by atoms with Gasteiger partial charge in [-0.3, -0.25) is 0 Å². The Bertz CT molecular complexity index is 460. The molecule has 20 heavy (non-hydrogen) atoms. The van der Waals surface area contributed by atoms with E-state index in [2.05, 4.69) is 20.3 Å². The van der Waals surface area contributed by atoms with Crippen LogP contribution in [0.3, 0.4) is 0 Å². The monoisotopic (exact) mass is 305 g/mol. The van der Waals surface area contributed by atoms with Gasteiger partial charge >= 0.3 is 5.38 Å². The number of rotatable bonds is 4. The smallest absolute Gasteiger partial charge is 0.368 e. The third-order valence-corrected chi connectivity index (χ3v) is 3.79. The molecule has 0 saturated heterocycles. The van der Waals surface area contributed by atoms with Crippen LogP contribution in [-0.4, -0.2) is 21.0 Å². The Morgan fingerprint density at radius 3 is 2.50 bits per heavy atom. The Labute approximate surface area is 121 Å². The molecule has 8 heteroatoms. The standard InChI is InChI=1S/C12H18ClF2N5/c1-7(8-5-3-2-4-6-8)17-11-19-9(12(13,14)15)18-10(16)20-11/h7-8H,2-6H2,1H3,(H3,16,17,18,19,20). The normalized spacial score (nSPS) is 18.8. The molecule has 0 radical (unpaired) electrons. The van der Waals surface area contributed by atoms with Crippen molar-refractivity contribution in [1.82, 2.24) is 15.0 Å². The van der Waals surface area contributed by atoms with Crippen molar-refractivity contribution >= 4 is 23.5 Å². The lowest BCUT2D eigenvalue weighted by Gasteiger charge is -2.28. The lowest BCUT2D eigenvalue weighted by atomic mass is 9.85. The zero-order chi connectivity index (χ0) is 14.8. The molecule has 1 aliphatic rings. The quantitative estimate of drug-likeness (QED) is 0.836. The first kappa shape index (κ1) is 15.2. The van der Waals surface area contributed by atoms with Crippen LogP contribution in [0.4, 0.5) is 20.7 Å². The number of aromatic nitrogens is 3. The summed E-state index contributed by atoms with van der Waals surface area (Å²) < 4.78 is 26.1. The van der Waals surface area contributed by atoms with E-state index >= 15 is 0 Å². The van der Waals surface area contributed by atoms with Crippen molar-refractivity contribution in [3.63, 3.8) is 0 Å². The van der Waals surface area contributed by atoms with Crippen molar-refractivity contribution in [3.05, 3.63) is 5.82 Å². The maximum Gasteiger partial charge on any atom is 0.381 e. The van der Waals surface area contributed by atoms with Crippen LogP contribution in [0.5, 0.6) is 0 Å². The van der Waals surface area contributed by atoms with Crippen molar-refractivity contribution in [1.29, 1.82) is 0 Å². The van der Waals surface area contributed by atoms with E-state index in [0.717, 1.165) is 12.8 Å². The Morgan fingerprint density at radius 2 is 1.90 bits per heavy atom. The first-order valence-corrected chi connectivity index (χ1v) is 7.09. The van der Waals surface area contributed by atoms with Crippen LogP contribution in [0.2, 0.25) is 0 Å². The molecular formula is C12H18ClF2N5. The number of anilines is 2. The zero-order valence-corrected chi connectivity index (χ0v) is 12.0. The lowest BCUT2D eigenvalue weighted by Crippen LogP contribution is -2.29. The molecule has 0 bridgehead atoms. The van der Waals surface area contributed by atoms with E-state index in [-0.39, 0.29) is 17.9 Å². The van der Waals surface area contributed by atoms with Gasteiger partial charge in [0.1, 0.15) is 0 Å². The average Bonchev–Trinajstić information content (AvgIpc) is 2.38. The van der Waals surface area contributed by atoms with Gasteiger partial charge in [0, 0.05) is 6.04 Å². The SMILES string of the molecule is CC(Nc1nc(N)nc(C(F)(F)Cl)n1)C1CCCCC1. The Balaban J connectivity index is 2.10. The summed E-state index contributed by atoms with van der Waals surface area (Å²) in [5.41, 5.74) is 5.42. The van der Waals surface area contributed by atoms with E-state index in [0.29, 0.717) is 5.92 Å². The van der Waals surface area contributed by atoms with Gasteiger partial charge in [0.05, 0.1) is 0 Å². The second-order valence-electron chi connectivity index (χ2n) is 5.17. The molecule has 1 heterocycles. The van der Waals surface area contributed by atoms with Gasteiger partial charge in [0.2, 0.25) is 17.7 Å². The van der Waals surface area contributed by atoms with Gasteiger partial charge in [-0.05, 0) is 37.3 Å². The third-order valence-electron chi connectivity index (χ3n) is 3.62. The van der Waals surface area contributed by atoms with Crippen LogP contribution in [0, 0.1) is 5.92 Å². The summed E-state index contributed by atoms with van der Waals surface area (Å²) in [6.45, 7) is 1.99. The molecule has 1 aromatic rings. The number of hydrogen-bond donors (Lipinski definition) is 2. The molecule has 0 spiro atoms. The Hall–Kier alpha value is -1.24. The molecule has 1 unspecified atom stereocenters. The molecule has 5 nitrogen and oxygen atoms in total. The van der Waals surface area contributed by atoms with Gasteiger partial charge < -0.3 is 11.1 Å². The van der Waals surface area contributed by atoms with Crippen LogP contribution in [-0.2, 0) is 5.38 Å². The molecule has 2 rings (SSSR count). The summed E-state index contributed by atoms with van der Waals surface area (Å²) in [5, 5.41) is -0.621. The summed E-state index contributed by atoms with van der Waals surface area (Å²) in [5.74, 6) is -0.564. The minimum absolute atomic E-state index is 0.0471. The highest BCUT2D eigenvalue weighted by atomic mass is 35.5. The van der Waals surface area contributed by atoms with Gasteiger partial charge in [0.25, 0.3) is 0 Å². The van der Waals surface area contributed by atoms with Gasteiger partial charge in [-0.25, -0.2) is 0 Å². The van der Waals surface area contributed by atoms with Crippen LogP contribution in [0.1, 0.15) is 44.9 Å². The fourth-order valence-electron chi connectivity index (χ4n) is 2.54. The number of nitrogens with one attached hydrogen (secondary N) is 1. The van der Waals surface area contributed by atoms with Crippen molar-refractivity contribution in [2.75, 3.05) is 11.1 Å². The first-order valence-electron chi connectivity index (χ1n) is 6.71. The molecule has 3 N–H and O–H groups in total. The minimum Gasteiger partial charge on any atom is -0.368 e. The molecule has 112 valence electrons. The highest BCUT2D eigenvalue weighted by molar-refractivity contribution is 6.21. The lowest BCUT2D eigenvalue weighted by molar-refractivity contribution is 0.0845. The van der Waals surface area contributed by atoms with Crippen molar-refractivity contribution in [3.8, 4) is 0 Å². The maximum absolute atomic E-state index is 13.0. The van der Waals surface area contributed by atoms with Crippen molar-refractivity contribution in [2.45, 2.75) is 50.5 Å². The average molecular weight is 306 g/mol. The zero-order valence-electron chi connectivity index (χ0n) is 11.2. The maximum atomic E-state index is 13.0. The topological polar surface area (TPSA) is 76.7 Å². The van der Waals surface area contributed by atoms with E-state index in [1.54, 1.807) is 0 Å². The summed E-state index contributed by atoms with van der Waals surface area (Å²) in [6.07, 6.45) is 5.88. The summed E-state index contributed by atoms with van der Waals surface area (Å²) in [4.78, 5) is 10.8. The molecule has 0 aliphatic heterocycles. The van der Waals surface area contributed by atoms with Gasteiger partial charge in [-0.1, -0.05) is 19.3 Å².